The van der Waals surface area contributed by atoms with Crippen molar-refractivity contribution in [3.63, 3.8) is 0 Å². The van der Waals surface area contributed by atoms with Crippen molar-refractivity contribution in [2.45, 2.75) is 37.1 Å². The van der Waals surface area contributed by atoms with E-state index in [4.69, 9.17) is 0 Å². The molecule has 1 rings (SSSR count). The van der Waals surface area contributed by atoms with E-state index in [1.807, 2.05) is 11.0 Å². The third-order valence-electron chi connectivity index (χ3n) is 2.45. The molecule has 74 valence electrons. The predicted molar refractivity (Wildman–Crippen MR) is 57.9 cm³/mol. The maximum Gasteiger partial charge on any atom is 0.236 e. The van der Waals surface area contributed by atoms with Crippen LogP contribution in [0, 0.1) is 0 Å². The summed E-state index contributed by atoms with van der Waals surface area (Å²) in [6, 6.07) is 0.297. The largest absolute Gasteiger partial charge is 0.339 e. The van der Waals surface area contributed by atoms with Gasteiger partial charge in [0.15, 0.2) is 0 Å². The topological polar surface area (TPSA) is 20.3 Å². The molecule has 13 heavy (non-hydrogen) atoms. The van der Waals surface area contributed by atoms with Crippen molar-refractivity contribution in [1.29, 1.82) is 0 Å². The monoisotopic (exact) mass is 245 g/mol. The molecule has 0 saturated carbocycles. The van der Waals surface area contributed by atoms with Crippen LogP contribution < -0.4 is 0 Å². The van der Waals surface area contributed by atoms with E-state index in [-0.39, 0.29) is 10.7 Å². The third-order valence-corrected chi connectivity index (χ3v) is 3.30. The molecule has 0 aromatic rings. The fourth-order valence-corrected chi connectivity index (χ4v) is 2.25. The molecule has 0 bridgehead atoms. The van der Waals surface area contributed by atoms with Gasteiger partial charge in [-0.2, -0.15) is 0 Å². The lowest BCUT2D eigenvalue weighted by Crippen LogP contribution is -2.46. The summed E-state index contributed by atoms with van der Waals surface area (Å²) in [6.45, 7) is 6.66. The highest BCUT2D eigenvalue weighted by atomic mass is 79.9. The summed E-state index contributed by atoms with van der Waals surface area (Å²) in [6.07, 6.45) is 4.82. The lowest BCUT2D eigenvalue weighted by Gasteiger charge is -2.34. The Morgan fingerprint density at radius 2 is 2.54 bits per heavy atom. The fraction of sp³-hybridized carbons (Fsp3) is 0.700. The zero-order chi connectivity index (χ0) is 9.84. The minimum Gasteiger partial charge on any atom is -0.339 e. The maximum absolute atomic E-state index is 11.7. The zero-order valence-electron chi connectivity index (χ0n) is 8.00. The molecule has 1 saturated heterocycles. The van der Waals surface area contributed by atoms with Gasteiger partial charge in [-0.05, 0) is 26.2 Å². The van der Waals surface area contributed by atoms with Crippen LogP contribution in [0.25, 0.3) is 0 Å². The molecule has 0 aromatic carbocycles. The normalized spacial score (nSPS) is 25.8. The molecule has 0 spiro atoms. The minimum atomic E-state index is 0.0357. The number of nitrogens with zero attached hydrogens (tertiary/aromatic N) is 1. The smallest absolute Gasteiger partial charge is 0.236 e. The molecule has 0 radical (unpaired) electrons. The molecule has 2 nitrogen and oxygen atoms in total. The first-order valence-corrected chi connectivity index (χ1v) is 5.64. The number of amides is 1. The van der Waals surface area contributed by atoms with E-state index >= 15 is 0 Å². The number of hydrogen-bond acceptors (Lipinski definition) is 1. The fourth-order valence-electron chi connectivity index (χ4n) is 1.66. The number of carbonyl (C=O) groups excluding carboxylic acids is 1. The van der Waals surface area contributed by atoms with E-state index in [0.29, 0.717) is 6.04 Å². The number of piperidine rings is 1. The van der Waals surface area contributed by atoms with Gasteiger partial charge in [0.25, 0.3) is 0 Å². The quantitative estimate of drug-likeness (QED) is 0.553. The van der Waals surface area contributed by atoms with Crippen LogP contribution in [-0.4, -0.2) is 28.2 Å². The van der Waals surface area contributed by atoms with Crippen LogP contribution in [0.15, 0.2) is 12.7 Å². The Labute approximate surface area is 88.1 Å². The first-order valence-electron chi connectivity index (χ1n) is 4.72. The highest BCUT2D eigenvalue weighted by Crippen LogP contribution is 2.21. The molecule has 2 unspecified atom stereocenters. The van der Waals surface area contributed by atoms with Gasteiger partial charge < -0.3 is 4.90 Å². The second-order valence-corrected chi connectivity index (χ2v) is 4.62. The van der Waals surface area contributed by atoms with E-state index < -0.39 is 0 Å². The number of alkyl halides is 1. The van der Waals surface area contributed by atoms with Gasteiger partial charge in [-0.25, -0.2) is 0 Å². The molecule has 0 aromatic heterocycles. The van der Waals surface area contributed by atoms with Gasteiger partial charge in [0.1, 0.15) is 0 Å². The summed E-state index contributed by atoms with van der Waals surface area (Å²) < 4.78 is 0. The Morgan fingerprint density at radius 1 is 1.85 bits per heavy atom. The first kappa shape index (κ1) is 10.8. The van der Waals surface area contributed by atoms with Crippen LogP contribution in [0.5, 0.6) is 0 Å². The Kier molecular flexibility index (Phi) is 3.97. The van der Waals surface area contributed by atoms with E-state index in [0.717, 1.165) is 25.8 Å². The van der Waals surface area contributed by atoms with Gasteiger partial charge in [-0.1, -0.05) is 22.0 Å². The second kappa shape index (κ2) is 4.80. The lowest BCUT2D eigenvalue weighted by atomic mass is 10.1. The van der Waals surface area contributed by atoms with Crippen molar-refractivity contribution in [1.82, 2.24) is 4.90 Å². The SMILES string of the molecule is C=CCC(C)N1CCCC(Br)C1=O. The highest BCUT2D eigenvalue weighted by Gasteiger charge is 2.28. The van der Waals surface area contributed by atoms with Crippen LogP contribution >= 0.6 is 15.9 Å². The molecular weight excluding hydrogens is 230 g/mol. The van der Waals surface area contributed by atoms with Crippen molar-refractivity contribution in [3.05, 3.63) is 12.7 Å². The van der Waals surface area contributed by atoms with Crippen molar-refractivity contribution in [3.8, 4) is 0 Å². The lowest BCUT2D eigenvalue weighted by molar-refractivity contribution is -0.134. The Balaban J connectivity index is 2.56. The number of halogens is 1. The summed E-state index contributed by atoms with van der Waals surface area (Å²) in [4.78, 5) is 13.7. The summed E-state index contributed by atoms with van der Waals surface area (Å²) in [7, 11) is 0. The summed E-state index contributed by atoms with van der Waals surface area (Å²) >= 11 is 3.40. The molecule has 0 N–H and O–H groups in total. The van der Waals surface area contributed by atoms with E-state index in [1.165, 1.54) is 0 Å². The van der Waals surface area contributed by atoms with E-state index in [1.54, 1.807) is 0 Å². The Bertz CT molecular complexity index is 205. The van der Waals surface area contributed by atoms with Crippen molar-refractivity contribution in [2.75, 3.05) is 6.54 Å². The van der Waals surface area contributed by atoms with Gasteiger partial charge in [-0.3, -0.25) is 4.79 Å². The van der Waals surface area contributed by atoms with Crippen molar-refractivity contribution < 1.29 is 4.79 Å². The molecule has 1 amide bonds. The third kappa shape index (κ3) is 2.56. The molecule has 1 aliphatic heterocycles. The predicted octanol–water partition coefficient (Wildman–Crippen LogP) is 2.34. The maximum atomic E-state index is 11.7. The molecule has 1 heterocycles. The van der Waals surface area contributed by atoms with Crippen molar-refractivity contribution >= 4 is 21.8 Å². The number of hydrogen-bond donors (Lipinski definition) is 0. The molecule has 1 aliphatic rings. The first-order chi connectivity index (χ1) is 6.16. The molecule has 1 fully saturated rings. The number of rotatable bonds is 3. The molecule has 0 aliphatic carbocycles. The molecule has 3 heteroatoms. The average Bonchev–Trinajstić information content (AvgIpc) is 2.10. The number of likely N-dealkylation sites (tertiary alicyclic amines) is 1. The van der Waals surface area contributed by atoms with Crippen LogP contribution in [-0.2, 0) is 4.79 Å². The summed E-state index contributed by atoms with van der Waals surface area (Å²) in [5, 5.41) is 0. The van der Waals surface area contributed by atoms with Gasteiger partial charge in [0.2, 0.25) is 5.91 Å². The van der Waals surface area contributed by atoms with Gasteiger partial charge >= 0.3 is 0 Å². The van der Waals surface area contributed by atoms with Gasteiger partial charge in [0.05, 0.1) is 4.83 Å². The van der Waals surface area contributed by atoms with Crippen LogP contribution in [0.2, 0.25) is 0 Å². The number of carbonyl (C=O) groups is 1. The van der Waals surface area contributed by atoms with Crippen LogP contribution in [0.1, 0.15) is 26.2 Å². The molecular formula is C10H16BrNO. The highest BCUT2D eigenvalue weighted by molar-refractivity contribution is 9.10. The summed E-state index contributed by atoms with van der Waals surface area (Å²) in [5.41, 5.74) is 0. The van der Waals surface area contributed by atoms with Crippen LogP contribution in [0.3, 0.4) is 0 Å². The Hall–Kier alpha value is -0.310. The minimum absolute atomic E-state index is 0.0357. The van der Waals surface area contributed by atoms with Crippen LogP contribution in [0.4, 0.5) is 0 Å². The standard InChI is InChI=1S/C10H16BrNO/c1-3-5-8(2)12-7-4-6-9(11)10(12)13/h3,8-9H,1,4-7H2,2H3. The average molecular weight is 246 g/mol. The van der Waals surface area contributed by atoms with E-state index in [9.17, 15) is 4.79 Å². The van der Waals surface area contributed by atoms with Gasteiger partial charge in [0, 0.05) is 12.6 Å². The Morgan fingerprint density at radius 3 is 3.15 bits per heavy atom. The van der Waals surface area contributed by atoms with E-state index in [2.05, 4.69) is 29.4 Å². The second-order valence-electron chi connectivity index (χ2n) is 3.51. The zero-order valence-corrected chi connectivity index (χ0v) is 9.59. The van der Waals surface area contributed by atoms with Gasteiger partial charge in [-0.15, -0.1) is 6.58 Å². The summed E-state index contributed by atoms with van der Waals surface area (Å²) in [5.74, 6) is 0.237. The van der Waals surface area contributed by atoms with Crippen molar-refractivity contribution in [2.24, 2.45) is 0 Å². The molecule has 2 atom stereocenters.